The van der Waals surface area contributed by atoms with Crippen molar-refractivity contribution in [3.05, 3.63) is 84.9 Å². The Morgan fingerprint density at radius 1 is 1.00 bits per heavy atom. The van der Waals surface area contributed by atoms with E-state index in [2.05, 4.69) is 5.32 Å². The van der Waals surface area contributed by atoms with Crippen LogP contribution in [0.2, 0.25) is 0 Å². The molecule has 0 bridgehead atoms. The molecule has 4 aromatic rings. The first kappa shape index (κ1) is 27.8. The second-order valence-corrected chi connectivity index (χ2v) is 10.3. The number of methoxy groups -OCH3 is 1. The van der Waals surface area contributed by atoms with E-state index in [-0.39, 0.29) is 17.8 Å². The molecule has 39 heavy (non-hydrogen) atoms. The molecule has 2 aromatic heterocycles. The summed E-state index contributed by atoms with van der Waals surface area (Å²) in [6.45, 7) is 9.99. The van der Waals surface area contributed by atoms with Gasteiger partial charge in [0.15, 0.2) is 0 Å². The zero-order valence-electron chi connectivity index (χ0n) is 23.0. The van der Waals surface area contributed by atoms with Crippen LogP contribution in [-0.2, 0) is 11.3 Å². The fourth-order valence-electron chi connectivity index (χ4n) is 4.48. The number of thiophene rings is 1. The summed E-state index contributed by atoms with van der Waals surface area (Å²) >= 11 is 1.07. The molecule has 10 heteroatoms. The number of carbonyl (C=O) groups is 2. The van der Waals surface area contributed by atoms with E-state index in [0.29, 0.717) is 45.5 Å². The van der Waals surface area contributed by atoms with Crippen molar-refractivity contribution < 1.29 is 14.3 Å². The van der Waals surface area contributed by atoms with E-state index in [1.807, 2.05) is 33.8 Å². The highest BCUT2D eigenvalue weighted by atomic mass is 32.1. The van der Waals surface area contributed by atoms with Crippen LogP contribution in [0.3, 0.4) is 0 Å². The lowest BCUT2D eigenvalue weighted by Crippen LogP contribution is -2.40. The fraction of sp³-hybridized carbons (Fsp3) is 0.310. The summed E-state index contributed by atoms with van der Waals surface area (Å²) in [4.78, 5) is 56.5. The number of carbonyl (C=O) groups excluding carboxylic acids is 2. The predicted molar refractivity (Wildman–Crippen MR) is 155 cm³/mol. The van der Waals surface area contributed by atoms with Gasteiger partial charge in [-0.1, -0.05) is 12.1 Å². The molecule has 1 N–H and O–H groups in total. The molecule has 0 unspecified atom stereocenters. The largest absolute Gasteiger partial charge is 0.497 e. The molecule has 0 radical (unpaired) electrons. The number of nitrogens with one attached hydrogen (secondary N) is 1. The summed E-state index contributed by atoms with van der Waals surface area (Å²) in [5.41, 5.74) is 2.17. The number of hydrogen-bond acceptors (Lipinski definition) is 6. The van der Waals surface area contributed by atoms with Crippen LogP contribution in [0.1, 0.15) is 40.2 Å². The molecule has 0 saturated heterocycles. The Labute approximate surface area is 230 Å². The Morgan fingerprint density at radius 3 is 2.36 bits per heavy atom. The highest BCUT2D eigenvalue weighted by Gasteiger charge is 2.26. The number of ether oxygens (including phenoxy) is 1. The van der Waals surface area contributed by atoms with Gasteiger partial charge in [-0.25, -0.2) is 9.36 Å². The van der Waals surface area contributed by atoms with Gasteiger partial charge in [-0.05, 0) is 75.6 Å². The molecule has 0 aliphatic heterocycles. The van der Waals surface area contributed by atoms with E-state index >= 15 is 0 Å². The Hall–Kier alpha value is -4.18. The number of rotatable bonds is 8. The monoisotopic (exact) mass is 548 g/mol. The first-order valence-electron chi connectivity index (χ1n) is 12.7. The first-order valence-corrected chi connectivity index (χ1v) is 13.5. The molecule has 0 atom stereocenters. The van der Waals surface area contributed by atoms with Crippen LogP contribution >= 0.6 is 11.3 Å². The minimum Gasteiger partial charge on any atom is -0.497 e. The molecule has 0 saturated carbocycles. The summed E-state index contributed by atoms with van der Waals surface area (Å²) in [6, 6.07) is 12.2. The van der Waals surface area contributed by atoms with Crippen LogP contribution in [0.15, 0.2) is 52.1 Å². The van der Waals surface area contributed by atoms with Crippen molar-refractivity contribution in [1.82, 2.24) is 14.0 Å². The number of nitrogens with zero attached hydrogens (tertiary/aromatic N) is 3. The van der Waals surface area contributed by atoms with Crippen molar-refractivity contribution in [2.45, 2.75) is 41.2 Å². The van der Waals surface area contributed by atoms with Gasteiger partial charge in [-0.2, -0.15) is 0 Å². The summed E-state index contributed by atoms with van der Waals surface area (Å²) in [5.74, 6) is -0.0978. The maximum atomic E-state index is 13.9. The second kappa shape index (κ2) is 11.3. The molecule has 0 spiro atoms. The standard InChI is InChI=1S/C29H32N4O5S/c1-7-31(8-2)27(36)25-19(5)24-26(35)33(21-13-12-17(3)18(4)14-21)29(37)32(28(24)39-25)16-23(34)30-20-10-9-11-22(15-20)38-6/h9-15H,7-8,16H2,1-6H3,(H,30,34). The van der Waals surface area contributed by atoms with Crippen LogP contribution in [-0.4, -0.2) is 46.0 Å². The number of aryl methyl sites for hydroxylation is 3. The topological polar surface area (TPSA) is 103 Å². The van der Waals surface area contributed by atoms with Gasteiger partial charge < -0.3 is 15.0 Å². The van der Waals surface area contributed by atoms with Gasteiger partial charge in [0.05, 0.1) is 23.1 Å². The Balaban J connectivity index is 1.93. The summed E-state index contributed by atoms with van der Waals surface area (Å²) in [6.07, 6.45) is 0. The average molecular weight is 549 g/mol. The van der Waals surface area contributed by atoms with Crippen LogP contribution in [0, 0.1) is 20.8 Å². The van der Waals surface area contributed by atoms with Crippen molar-refractivity contribution in [1.29, 1.82) is 0 Å². The number of aromatic nitrogens is 2. The number of benzene rings is 2. The molecule has 0 fully saturated rings. The summed E-state index contributed by atoms with van der Waals surface area (Å²) < 4.78 is 7.58. The molecule has 2 heterocycles. The molecule has 2 amide bonds. The molecule has 2 aromatic carbocycles. The Kier molecular flexibility index (Phi) is 8.06. The van der Waals surface area contributed by atoms with Crippen LogP contribution < -0.4 is 21.3 Å². The van der Waals surface area contributed by atoms with Gasteiger partial charge in [-0.3, -0.25) is 19.0 Å². The third-order valence-corrected chi connectivity index (χ3v) is 8.16. The van der Waals surface area contributed by atoms with Gasteiger partial charge in [0.25, 0.3) is 11.5 Å². The molecular formula is C29H32N4O5S. The molecule has 0 aliphatic carbocycles. The minimum atomic E-state index is -0.653. The second-order valence-electron chi connectivity index (χ2n) is 9.27. The lowest BCUT2D eigenvalue weighted by atomic mass is 10.1. The number of fused-ring (bicyclic) bond motifs is 1. The van der Waals surface area contributed by atoms with E-state index in [9.17, 15) is 19.2 Å². The molecule has 204 valence electrons. The van der Waals surface area contributed by atoms with Crippen molar-refractivity contribution >= 4 is 39.1 Å². The van der Waals surface area contributed by atoms with Gasteiger partial charge >= 0.3 is 5.69 Å². The first-order chi connectivity index (χ1) is 18.6. The zero-order valence-corrected chi connectivity index (χ0v) is 23.8. The number of anilines is 1. The maximum absolute atomic E-state index is 13.9. The van der Waals surface area contributed by atoms with Gasteiger partial charge in [-0.15, -0.1) is 11.3 Å². The van der Waals surface area contributed by atoms with Crippen LogP contribution in [0.5, 0.6) is 5.75 Å². The highest BCUT2D eigenvalue weighted by Crippen LogP contribution is 2.29. The van der Waals surface area contributed by atoms with Crippen molar-refractivity contribution in [2.24, 2.45) is 0 Å². The molecule has 0 aliphatic rings. The van der Waals surface area contributed by atoms with Crippen LogP contribution in [0.4, 0.5) is 5.69 Å². The molecule has 9 nitrogen and oxygen atoms in total. The number of amides is 2. The SMILES string of the molecule is CCN(CC)C(=O)c1sc2c(c1C)c(=O)n(-c1ccc(C)c(C)c1)c(=O)n2CC(=O)Nc1cccc(OC)c1. The minimum absolute atomic E-state index is 0.212. The third kappa shape index (κ3) is 5.24. The van der Waals surface area contributed by atoms with E-state index in [1.165, 1.54) is 11.7 Å². The summed E-state index contributed by atoms with van der Waals surface area (Å²) in [5, 5.41) is 3.04. The van der Waals surface area contributed by atoms with Gasteiger partial charge in [0.2, 0.25) is 5.91 Å². The average Bonchev–Trinajstić information content (AvgIpc) is 3.26. The Bertz CT molecular complexity index is 1690. The summed E-state index contributed by atoms with van der Waals surface area (Å²) in [7, 11) is 1.53. The van der Waals surface area contributed by atoms with E-state index in [1.54, 1.807) is 48.2 Å². The van der Waals surface area contributed by atoms with Crippen molar-refractivity contribution in [3.8, 4) is 11.4 Å². The van der Waals surface area contributed by atoms with E-state index in [0.717, 1.165) is 27.0 Å². The van der Waals surface area contributed by atoms with Gasteiger partial charge in [0, 0.05) is 24.8 Å². The van der Waals surface area contributed by atoms with E-state index in [4.69, 9.17) is 4.74 Å². The predicted octanol–water partition coefficient (Wildman–Crippen LogP) is 4.27. The fourth-order valence-corrected chi connectivity index (χ4v) is 5.74. The third-order valence-electron chi connectivity index (χ3n) is 6.86. The quantitative estimate of drug-likeness (QED) is 0.354. The normalized spacial score (nSPS) is 11.0. The smallest absolute Gasteiger partial charge is 0.337 e. The van der Waals surface area contributed by atoms with E-state index < -0.39 is 17.2 Å². The highest BCUT2D eigenvalue weighted by molar-refractivity contribution is 7.20. The lowest BCUT2D eigenvalue weighted by molar-refractivity contribution is -0.116. The van der Waals surface area contributed by atoms with Gasteiger partial charge in [0.1, 0.15) is 17.1 Å². The van der Waals surface area contributed by atoms with Crippen molar-refractivity contribution in [3.63, 3.8) is 0 Å². The number of hydrogen-bond donors (Lipinski definition) is 1. The molecule has 4 rings (SSSR count). The maximum Gasteiger partial charge on any atom is 0.337 e. The Morgan fingerprint density at radius 2 is 1.72 bits per heavy atom. The van der Waals surface area contributed by atoms with Crippen LogP contribution in [0.25, 0.3) is 15.9 Å². The van der Waals surface area contributed by atoms with Crippen molar-refractivity contribution in [2.75, 3.05) is 25.5 Å². The molecular weight excluding hydrogens is 516 g/mol. The zero-order chi connectivity index (χ0) is 28.4. The lowest BCUT2D eigenvalue weighted by Gasteiger charge is -2.17.